The van der Waals surface area contributed by atoms with Crippen LogP contribution in [0.5, 0.6) is 5.75 Å². The lowest BCUT2D eigenvalue weighted by molar-refractivity contribution is -0.157. The fourth-order valence-corrected chi connectivity index (χ4v) is 6.59. The molecule has 6 heteroatoms. The molecule has 1 amide bonds. The van der Waals surface area contributed by atoms with Crippen molar-refractivity contribution in [2.75, 3.05) is 26.7 Å². The zero-order valence-corrected chi connectivity index (χ0v) is 22.2. The highest BCUT2D eigenvalue weighted by Crippen LogP contribution is 2.50. The quantitative estimate of drug-likeness (QED) is 0.352. The highest BCUT2D eigenvalue weighted by Gasteiger charge is 2.53. The van der Waals surface area contributed by atoms with Crippen molar-refractivity contribution in [2.45, 2.75) is 43.7 Å². The van der Waals surface area contributed by atoms with E-state index in [1.807, 2.05) is 60.7 Å². The maximum Gasteiger partial charge on any atom is 0.302 e. The Labute approximate surface area is 224 Å². The lowest BCUT2D eigenvalue weighted by Crippen LogP contribution is -2.61. The number of amides is 1. The number of nitrogens with zero attached hydrogens (tertiary/aromatic N) is 1. The zero-order valence-electron chi connectivity index (χ0n) is 22.2. The molecule has 0 spiro atoms. The van der Waals surface area contributed by atoms with Gasteiger partial charge in [0.05, 0.1) is 7.11 Å². The minimum absolute atomic E-state index is 0.0843. The number of carbonyl (C=O) groups excluding carboxylic acids is 2. The number of hydrogen-bond acceptors (Lipinski definition) is 5. The Morgan fingerprint density at radius 1 is 1.11 bits per heavy atom. The summed E-state index contributed by atoms with van der Waals surface area (Å²) in [5.74, 6) is 0.485. The monoisotopic (exact) mass is 512 g/mol. The average Bonchev–Trinajstić information content (AvgIpc) is 2.93. The highest BCUT2D eigenvalue weighted by molar-refractivity contribution is 5.98. The second-order valence-electron chi connectivity index (χ2n) is 10.6. The van der Waals surface area contributed by atoms with Crippen molar-refractivity contribution in [2.24, 2.45) is 5.92 Å². The molecular formula is C32H36N2O4. The SMILES string of the molecule is C=CCN1CC[C@@]2(c3cccc(OC)c3)C[C@H](NC(=O)c3ccc4ccccc4c3)CC(OC(C)=O)[C@@H]2C1. The first kappa shape index (κ1) is 26.0. The zero-order chi connectivity index (χ0) is 26.7. The number of hydrogen-bond donors (Lipinski definition) is 1. The molecule has 1 saturated carbocycles. The van der Waals surface area contributed by atoms with Gasteiger partial charge >= 0.3 is 5.97 Å². The van der Waals surface area contributed by atoms with Crippen LogP contribution in [-0.2, 0) is 14.9 Å². The Morgan fingerprint density at radius 2 is 1.92 bits per heavy atom. The van der Waals surface area contributed by atoms with Gasteiger partial charge in [-0.15, -0.1) is 6.58 Å². The molecule has 5 rings (SSSR count). The van der Waals surface area contributed by atoms with Crippen LogP contribution in [0.15, 0.2) is 79.4 Å². The summed E-state index contributed by atoms with van der Waals surface area (Å²) in [7, 11) is 1.68. The van der Waals surface area contributed by atoms with Crippen LogP contribution in [0.1, 0.15) is 42.1 Å². The topological polar surface area (TPSA) is 67.9 Å². The molecule has 3 aromatic carbocycles. The first-order chi connectivity index (χ1) is 18.4. The minimum Gasteiger partial charge on any atom is -0.497 e. The standard InChI is InChI=1S/C32H36N2O4/c1-4-15-34-16-14-32(26-10-7-11-28(18-26)37-3)20-27(19-30(29(32)21-34)38-22(2)35)33-31(36)25-13-12-23-8-5-6-9-24(23)17-25/h4-13,17-18,27,29-30H,1,14-16,19-21H2,2-3H3,(H,33,36)/t27-,29+,30?,32+/m1/s1. The molecule has 3 aromatic rings. The second-order valence-corrected chi connectivity index (χ2v) is 10.6. The van der Waals surface area contributed by atoms with Crippen LogP contribution in [0, 0.1) is 5.92 Å². The van der Waals surface area contributed by atoms with Crippen molar-refractivity contribution >= 4 is 22.6 Å². The molecule has 0 radical (unpaired) electrons. The Balaban J connectivity index is 1.49. The van der Waals surface area contributed by atoms with Gasteiger partial charge in [-0.1, -0.05) is 48.5 Å². The molecule has 1 saturated heterocycles. The lowest BCUT2D eigenvalue weighted by atomic mass is 9.57. The molecule has 1 aliphatic heterocycles. The predicted octanol–water partition coefficient (Wildman–Crippen LogP) is 5.12. The van der Waals surface area contributed by atoms with Crippen LogP contribution in [-0.4, -0.2) is 55.7 Å². The summed E-state index contributed by atoms with van der Waals surface area (Å²) in [5, 5.41) is 5.44. The van der Waals surface area contributed by atoms with E-state index in [1.54, 1.807) is 7.11 Å². The number of rotatable bonds is 7. The maximum atomic E-state index is 13.5. The van der Waals surface area contributed by atoms with Gasteiger partial charge < -0.3 is 14.8 Å². The normalized spacial score (nSPS) is 25.3. The average molecular weight is 513 g/mol. The van der Waals surface area contributed by atoms with E-state index in [-0.39, 0.29) is 35.4 Å². The van der Waals surface area contributed by atoms with Gasteiger partial charge in [-0.25, -0.2) is 0 Å². The van der Waals surface area contributed by atoms with Crippen molar-refractivity contribution in [1.29, 1.82) is 0 Å². The fraction of sp³-hybridized carbons (Fsp3) is 0.375. The molecule has 1 heterocycles. The van der Waals surface area contributed by atoms with Gasteiger partial charge in [0.25, 0.3) is 5.91 Å². The van der Waals surface area contributed by atoms with Gasteiger partial charge in [-0.2, -0.15) is 0 Å². The predicted molar refractivity (Wildman–Crippen MR) is 149 cm³/mol. The van der Waals surface area contributed by atoms with E-state index in [2.05, 4.69) is 28.9 Å². The van der Waals surface area contributed by atoms with E-state index in [9.17, 15) is 9.59 Å². The minimum atomic E-state index is -0.318. The molecular weight excluding hydrogens is 476 g/mol. The molecule has 2 aliphatic rings. The number of benzene rings is 3. The van der Waals surface area contributed by atoms with Gasteiger partial charge in [0.2, 0.25) is 0 Å². The second kappa shape index (κ2) is 11.0. The summed E-state index contributed by atoms with van der Waals surface area (Å²) in [5.41, 5.74) is 1.53. The third kappa shape index (κ3) is 5.18. The van der Waals surface area contributed by atoms with Crippen molar-refractivity contribution in [3.63, 3.8) is 0 Å². The fourth-order valence-electron chi connectivity index (χ4n) is 6.59. The lowest BCUT2D eigenvalue weighted by Gasteiger charge is -2.55. The van der Waals surface area contributed by atoms with Crippen molar-refractivity contribution in [1.82, 2.24) is 10.2 Å². The summed E-state index contributed by atoms with van der Waals surface area (Å²) in [6.45, 7) is 7.88. The number of nitrogens with one attached hydrogen (secondary N) is 1. The third-order valence-corrected chi connectivity index (χ3v) is 8.31. The number of piperidine rings is 1. The van der Waals surface area contributed by atoms with E-state index >= 15 is 0 Å². The van der Waals surface area contributed by atoms with E-state index < -0.39 is 0 Å². The Kier molecular flexibility index (Phi) is 7.52. The van der Waals surface area contributed by atoms with E-state index in [0.29, 0.717) is 12.0 Å². The molecule has 0 bridgehead atoms. The van der Waals surface area contributed by atoms with Crippen LogP contribution in [0.3, 0.4) is 0 Å². The number of esters is 1. The summed E-state index contributed by atoms with van der Waals surface area (Å²) < 4.78 is 11.6. The number of likely N-dealkylation sites (tertiary alicyclic amines) is 1. The molecule has 4 atom stereocenters. The van der Waals surface area contributed by atoms with Gasteiger partial charge in [0.1, 0.15) is 11.9 Å². The van der Waals surface area contributed by atoms with E-state index in [4.69, 9.17) is 9.47 Å². The number of fused-ring (bicyclic) bond motifs is 2. The van der Waals surface area contributed by atoms with E-state index in [0.717, 1.165) is 49.0 Å². The maximum absolute atomic E-state index is 13.5. The smallest absolute Gasteiger partial charge is 0.302 e. The molecule has 6 nitrogen and oxygen atoms in total. The Bertz CT molecular complexity index is 1340. The molecule has 38 heavy (non-hydrogen) atoms. The van der Waals surface area contributed by atoms with Crippen LogP contribution < -0.4 is 10.1 Å². The van der Waals surface area contributed by atoms with Crippen molar-refractivity contribution in [3.8, 4) is 5.75 Å². The Morgan fingerprint density at radius 3 is 2.68 bits per heavy atom. The van der Waals surface area contributed by atoms with Crippen LogP contribution in [0.25, 0.3) is 10.8 Å². The van der Waals surface area contributed by atoms with Crippen LogP contribution in [0.4, 0.5) is 0 Å². The summed E-state index contributed by atoms with van der Waals surface area (Å²) in [6.07, 6.45) is 3.84. The first-order valence-electron chi connectivity index (χ1n) is 13.4. The van der Waals surface area contributed by atoms with Gasteiger partial charge in [0, 0.05) is 49.4 Å². The molecule has 1 N–H and O–H groups in total. The van der Waals surface area contributed by atoms with Gasteiger partial charge in [-0.05, 0) is 60.0 Å². The van der Waals surface area contributed by atoms with Crippen molar-refractivity contribution < 1.29 is 19.1 Å². The van der Waals surface area contributed by atoms with Crippen molar-refractivity contribution in [3.05, 3.63) is 90.5 Å². The van der Waals surface area contributed by atoms with Crippen LogP contribution in [0.2, 0.25) is 0 Å². The summed E-state index contributed by atoms with van der Waals surface area (Å²) in [6, 6.07) is 21.9. The largest absolute Gasteiger partial charge is 0.497 e. The number of methoxy groups -OCH3 is 1. The number of carbonyl (C=O) groups is 2. The molecule has 1 unspecified atom stereocenters. The van der Waals surface area contributed by atoms with Crippen LogP contribution >= 0.6 is 0 Å². The molecule has 0 aromatic heterocycles. The van der Waals surface area contributed by atoms with Gasteiger partial charge in [0.15, 0.2) is 0 Å². The molecule has 1 aliphatic carbocycles. The van der Waals surface area contributed by atoms with E-state index in [1.165, 1.54) is 12.5 Å². The molecule has 2 fully saturated rings. The first-order valence-corrected chi connectivity index (χ1v) is 13.4. The third-order valence-electron chi connectivity index (χ3n) is 8.31. The Hall–Kier alpha value is -3.64. The summed E-state index contributed by atoms with van der Waals surface area (Å²) >= 11 is 0. The molecule has 198 valence electrons. The summed E-state index contributed by atoms with van der Waals surface area (Å²) in [4.78, 5) is 28.1. The number of ether oxygens (including phenoxy) is 2. The highest BCUT2D eigenvalue weighted by atomic mass is 16.5. The van der Waals surface area contributed by atoms with Gasteiger partial charge in [-0.3, -0.25) is 14.5 Å².